The third-order valence-electron chi connectivity index (χ3n) is 5.72. The van der Waals surface area contributed by atoms with E-state index in [2.05, 4.69) is 15.0 Å². The summed E-state index contributed by atoms with van der Waals surface area (Å²) in [6.07, 6.45) is 0.904. The number of aromatic amines is 1. The zero-order valence-corrected chi connectivity index (χ0v) is 21.1. The van der Waals surface area contributed by atoms with Crippen molar-refractivity contribution in [2.24, 2.45) is 4.99 Å². The number of rotatable bonds is 8. The summed E-state index contributed by atoms with van der Waals surface area (Å²) >= 11 is 0. The summed E-state index contributed by atoms with van der Waals surface area (Å²) in [5, 5.41) is 0. The third-order valence-corrected chi connectivity index (χ3v) is 5.72. The van der Waals surface area contributed by atoms with Crippen molar-refractivity contribution in [3.63, 3.8) is 0 Å². The van der Waals surface area contributed by atoms with Crippen LogP contribution in [0.5, 0.6) is 11.6 Å². The fourth-order valence-corrected chi connectivity index (χ4v) is 3.70. The van der Waals surface area contributed by atoms with Crippen LogP contribution in [0.1, 0.15) is 30.5 Å². The lowest BCUT2D eigenvalue weighted by atomic mass is 10.1. The van der Waals surface area contributed by atoms with Crippen molar-refractivity contribution < 1.29 is 18.7 Å². The molecule has 0 fully saturated rings. The Hall–Kier alpha value is -4.80. The Morgan fingerprint density at radius 1 is 1.08 bits per heavy atom. The molecule has 11 heteroatoms. The number of ether oxygens (including phenoxy) is 2. The number of nitrogens with zero attached hydrogens (tertiary/aromatic N) is 4. The molecule has 2 aromatic carbocycles. The molecule has 10 nitrogen and oxygen atoms in total. The number of carbonyl (C=O) groups is 1. The first-order valence-corrected chi connectivity index (χ1v) is 11.8. The molecule has 4 aromatic rings. The Bertz CT molecular complexity index is 1600. The Morgan fingerprint density at radius 3 is 2.42 bits per heavy atom. The van der Waals surface area contributed by atoms with E-state index < -0.39 is 29.2 Å². The van der Waals surface area contributed by atoms with Gasteiger partial charge in [-0.2, -0.15) is 0 Å². The summed E-state index contributed by atoms with van der Waals surface area (Å²) < 4.78 is 25.7. The molecular formula is C27H26FN5O5. The lowest BCUT2D eigenvalue weighted by Crippen LogP contribution is -2.51. The van der Waals surface area contributed by atoms with Crippen molar-refractivity contribution in [3.8, 4) is 11.6 Å². The number of H-pyrrole nitrogens is 1. The van der Waals surface area contributed by atoms with E-state index in [1.165, 1.54) is 23.8 Å². The molecule has 0 amide bonds. The minimum absolute atomic E-state index is 0.0379. The summed E-state index contributed by atoms with van der Waals surface area (Å²) in [6.45, 7) is 3.69. The van der Waals surface area contributed by atoms with E-state index in [4.69, 9.17) is 9.47 Å². The molecule has 0 radical (unpaired) electrons. The predicted octanol–water partition coefficient (Wildman–Crippen LogP) is 3.38. The molecule has 1 atom stereocenters. The molecule has 0 spiro atoms. The van der Waals surface area contributed by atoms with Crippen LogP contribution in [0.25, 0.3) is 0 Å². The minimum Gasteiger partial charge on any atom is -0.469 e. The van der Waals surface area contributed by atoms with E-state index >= 15 is 0 Å². The highest BCUT2D eigenvalue weighted by Gasteiger charge is 2.18. The third kappa shape index (κ3) is 6.30. The van der Waals surface area contributed by atoms with Crippen LogP contribution < -0.4 is 21.7 Å². The highest BCUT2D eigenvalue weighted by Crippen LogP contribution is 2.22. The van der Waals surface area contributed by atoms with E-state index in [0.717, 1.165) is 21.9 Å². The average molecular weight is 520 g/mol. The zero-order chi connectivity index (χ0) is 27.2. The SMILES string of the molecule is COC(=O)C[C@@H](C)n1c(=O)[nH]/c(=N\c2ccc(Oc3ccc(F)cn3)cc2)n(Cc2ccc(C)cc2)c1=O. The van der Waals surface area contributed by atoms with Crippen LogP contribution in [0.15, 0.2) is 81.4 Å². The summed E-state index contributed by atoms with van der Waals surface area (Å²) in [7, 11) is 1.24. The van der Waals surface area contributed by atoms with E-state index in [1.54, 1.807) is 31.2 Å². The summed E-state index contributed by atoms with van der Waals surface area (Å²) in [5.41, 5.74) is 1.05. The first-order valence-electron chi connectivity index (χ1n) is 11.8. The minimum atomic E-state index is -0.742. The van der Waals surface area contributed by atoms with Crippen molar-refractivity contribution in [3.05, 3.63) is 110 Å². The van der Waals surface area contributed by atoms with Crippen LogP contribution in [-0.2, 0) is 16.1 Å². The quantitative estimate of drug-likeness (QED) is 0.357. The van der Waals surface area contributed by atoms with Gasteiger partial charge < -0.3 is 9.47 Å². The molecule has 0 saturated heterocycles. The van der Waals surface area contributed by atoms with Gasteiger partial charge in [0.1, 0.15) is 11.6 Å². The number of benzene rings is 2. The van der Waals surface area contributed by atoms with Crippen LogP contribution in [-0.4, -0.2) is 32.2 Å². The molecule has 0 bridgehead atoms. The predicted molar refractivity (Wildman–Crippen MR) is 137 cm³/mol. The molecule has 1 N–H and O–H groups in total. The molecule has 2 aromatic heterocycles. The highest BCUT2D eigenvalue weighted by molar-refractivity contribution is 5.69. The van der Waals surface area contributed by atoms with Crippen molar-refractivity contribution in [2.75, 3.05) is 7.11 Å². The van der Waals surface area contributed by atoms with E-state index in [9.17, 15) is 18.8 Å². The van der Waals surface area contributed by atoms with Gasteiger partial charge in [-0.05, 0) is 49.7 Å². The monoisotopic (exact) mass is 519 g/mol. The maximum atomic E-state index is 13.5. The second-order valence-electron chi connectivity index (χ2n) is 8.63. The fraction of sp³-hybridized carbons (Fsp3) is 0.222. The Balaban J connectivity index is 1.74. The Labute approximate surface area is 216 Å². The topological polar surface area (TPSA) is 121 Å². The summed E-state index contributed by atoms with van der Waals surface area (Å²) in [6, 6.07) is 16.1. The van der Waals surface area contributed by atoms with Crippen molar-refractivity contribution in [2.45, 2.75) is 32.9 Å². The number of nitrogens with one attached hydrogen (secondary N) is 1. The molecule has 38 heavy (non-hydrogen) atoms. The van der Waals surface area contributed by atoms with Crippen molar-refractivity contribution in [1.29, 1.82) is 0 Å². The molecule has 0 saturated carbocycles. The molecule has 0 aliphatic heterocycles. The molecule has 0 aliphatic carbocycles. The lowest BCUT2D eigenvalue weighted by molar-refractivity contribution is -0.141. The van der Waals surface area contributed by atoms with Gasteiger partial charge >= 0.3 is 17.3 Å². The summed E-state index contributed by atoms with van der Waals surface area (Å²) in [4.78, 5) is 49.2. The van der Waals surface area contributed by atoms with Gasteiger partial charge in [0.25, 0.3) is 0 Å². The van der Waals surface area contributed by atoms with Gasteiger partial charge in [-0.1, -0.05) is 29.8 Å². The largest absolute Gasteiger partial charge is 0.469 e. The number of carbonyl (C=O) groups excluding carboxylic acids is 1. The number of aryl methyl sites for hydroxylation is 1. The second kappa shape index (κ2) is 11.5. The Morgan fingerprint density at radius 2 is 1.79 bits per heavy atom. The first kappa shape index (κ1) is 26.3. The van der Waals surface area contributed by atoms with Gasteiger partial charge in [-0.25, -0.2) is 28.5 Å². The standard InChI is InChI=1S/C27H26FN5O5/c1-17-4-6-19(7-5-17)16-32-25(31-26(35)33(27(32)36)18(2)14-24(34)37-3)30-21-9-11-22(12-10-21)38-23-13-8-20(28)15-29-23/h4-13,15,18H,14,16H2,1-3H3,(H,30,31,35)/t18-/m1/s1. The zero-order valence-electron chi connectivity index (χ0n) is 21.1. The van der Waals surface area contributed by atoms with Gasteiger partial charge in [0, 0.05) is 6.07 Å². The molecule has 196 valence electrons. The van der Waals surface area contributed by atoms with E-state index in [-0.39, 0.29) is 24.5 Å². The Kier molecular flexibility index (Phi) is 7.95. The number of esters is 1. The lowest BCUT2D eigenvalue weighted by Gasteiger charge is -2.16. The van der Waals surface area contributed by atoms with Crippen LogP contribution in [0, 0.1) is 12.7 Å². The molecule has 2 heterocycles. The first-order chi connectivity index (χ1) is 18.2. The number of hydrogen-bond acceptors (Lipinski definition) is 7. The van der Waals surface area contributed by atoms with Gasteiger partial charge in [0.15, 0.2) is 0 Å². The summed E-state index contributed by atoms with van der Waals surface area (Å²) in [5.74, 6) is -0.348. The second-order valence-corrected chi connectivity index (χ2v) is 8.63. The maximum Gasteiger partial charge on any atom is 0.335 e. The van der Waals surface area contributed by atoms with Crippen LogP contribution in [0.2, 0.25) is 0 Å². The van der Waals surface area contributed by atoms with Crippen LogP contribution in [0.3, 0.4) is 0 Å². The van der Waals surface area contributed by atoms with Crippen molar-refractivity contribution >= 4 is 11.7 Å². The van der Waals surface area contributed by atoms with E-state index in [1.807, 2.05) is 31.2 Å². The number of pyridine rings is 1. The van der Waals surface area contributed by atoms with Gasteiger partial charge in [-0.15, -0.1) is 0 Å². The normalized spacial score (nSPS) is 12.3. The fourth-order valence-electron chi connectivity index (χ4n) is 3.70. The number of halogens is 1. The number of hydrogen-bond donors (Lipinski definition) is 1. The van der Waals surface area contributed by atoms with Crippen LogP contribution in [0.4, 0.5) is 10.1 Å². The molecule has 0 unspecified atom stereocenters. The molecule has 0 aliphatic rings. The number of methoxy groups -OCH3 is 1. The highest BCUT2D eigenvalue weighted by atomic mass is 19.1. The van der Waals surface area contributed by atoms with Gasteiger partial charge in [0.05, 0.1) is 38.0 Å². The smallest absolute Gasteiger partial charge is 0.335 e. The van der Waals surface area contributed by atoms with E-state index in [0.29, 0.717) is 11.4 Å². The maximum absolute atomic E-state index is 13.5. The van der Waals surface area contributed by atoms with Gasteiger partial charge in [-0.3, -0.25) is 14.3 Å². The van der Waals surface area contributed by atoms with Gasteiger partial charge in [0.2, 0.25) is 11.5 Å². The van der Waals surface area contributed by atoms with Crippen molar-refractivity contribution in [1.82, 2.24) is 19.1 Å². The average Bonchev–Trinajstić information content (AvgIpc) is 2.89. The molecular weight excluding hydrogens is 493 g/mol. The van der Waals surface area contributed by atoms with Crippen LogP contribution >= 0.6 is 0 Å². The number of aromatic nitrogens is 4. The molecule has 4 rings (SSSR count).